The van der Waals surface area contributed by atoms with Crippen LogP contribution in [0.3, 0.4) is 0 Å². The zero-order valence-corrected chi connectivity index (χ0v) is 10.9. The Balaban J connectivity index is 2.05. The van der Waals surface area contributed by atoms with Gasteiger partial charge in [-0.3, -0.25) is 0 Å². The highest BCUT2D eigenvalue weighted by molar-refractivity contribution is 6.32. The molecule has 3 nitrogen and oxygen atoms in total. The molecule has 0 radical (unpaired) electrons. The van der Waals surface area contributed by atoms with Gasteiger partial charge in [-0.05, 0) is 49.0 Å². The Hall–Kier alpha value is -1.48. The van der Waals surface area contributed by atoms with Gasteiger partial charge in [-0.2, -0.15) is 0 Å². The SMILES string of the molecule is Cc1ccc(Cl)c(OC/C(=C/C(=O)O)C2CC2)c1. The Labute approximate surface area is 111 Å². The van der Waals surface area contributed by atoms with Gasteiger partial charge in [0.15, 0.2) is 0 Å². The number of rotatable bonds is 5. The summed E-state index contributed by atoms with van der Waals surface area (Å²) in [6, 6.07) is 5.54. The van der Waals surface area contributed by atoms with Crippen LogP contribution in [0.4, 0.5) is 0 Å². The van der Waals surface area contributed by atoms with Crippen molar-refractivity contribution < 1.29 is 14.6 Å². The van der Waals surface area contributed by atoms with Gasteiger partial charge in [-0.15, -0.1) is 0 Å². The second-order valence-corrected chi connectivity index (χ2v) is 4.96. The van der Waals surface area contributed by atoms with E-state index in [1.165, 1.54) is 6.08 Å². The van der Waals surface area contributed by atoms with E-state index in [1.807, 2.05) is 19.1 Å². The van der Waals surface area contributed by atoms with Crippen molar-refractivity contribution in [3.05, 3.63) is 40.4 Å². The summed E-state index contributed by atoms with van der Waals surface area (Å²) in [7, 11) is 0. The standard InChI is InChI=1S/C14H15ClO3/c1-9-2-5-12(15)13(6-9)18-8-11(7-14(16)17)10-3-4-10/h2,5-7,10H,3-4,8H2,1H3,(H,16,17)/b11-7-. The van der Waals surface area contributed by atoms with Gasteiger partial charge < -0.3 is 9.84 Å². The van der Waals surface area contributed by atoms with Gasteiger partial charge in [0, 0.05) is 6.08 Å². The van der Waals surface area contributed by atoms with Crippen molar-refractivity contribution in [2.45, 2.75) is 19.8 Å². The average Bonchev–Trinajstić information content (AvgIpc) is 3.12. The number of carbonyl (C=O) groups is 1. The van der Waals surface area contributed by atoms with Gasteiger partial charge in [-0.25, -0.2) is 4.79 Å². The maximum Gasteiger partial charge on any atom is 0.328 e. The van der Waals surface area contributed by atoms with Crippen LogP contribution in [-0.2, 0) is 4.79 Å². The molecule has 1 saturated carbocycles. The van der Waals surface area contributed by atoms with Crippen LogP contribution >= 0.6 is 11.6 Å². The number of halogens is 1. The Morgan fingerprint density at radius 3 is 2.89 bits per heavy atom. The second kappa shape index (κ2) is 5.44. The van der Waals surface area contributed by atoms with E-state index in [2.05, 4.69) is 0 Å². The highest BCUT2D eigenvalue weighted by atomic mass is 35.5. The van der Waals surface area contributed by atoms with E-state index in [1.54, 1.807) is 6.07 Å². The minimum absolute atomic E-state index is 0.292. The molecular weight excluding hydrogens is 252 g/mol. The molecule has 4 heteroatoms. The molecular formula is C14H15ClO3. The van der Waals surface area contributed by atoms with Gasteiger partial charge in [0.25, 0.3) is 0 Å². The Morgan fingerprint density at radius 2 is 2.28 bits per heavy atom. The number of aliphatic carboxylic acids is 1. The van der Waals surface area contributed by atoms with E-state index in [0.29, 0.717) is 23.3 Å². The molecule has 1 aliphatic rings. The molecule has 0 aliphatic heterocycles. The van der Waals surface area contributed by atoms with Crippen LogP contribution in [0.2, 0.25) is 5.02 Å². The number of benzene rings is 1. The lowest BCUT2D eigenvalue weighted by molar-refractivity contribution is -0.131. The van der Waals surface area contributed by atoms with Crippen LogP contribution < -0.4 is 4.74 Å². The Morgan fingerprint density at radius 1 is 1.56 bits per heavy atom. The molecule has 1 aromatic carbocycles. The number of carboxylic acid groups (broad SMARTS) is 1. The highest BCUT2D eigenvalue weighted by Gasteiger charge is 2.27. The van der Waals surface area contributed by atoms with E-state index < -0.39 is 5.97 Å². The van der Waals surface area contributed by atoms with Crippen molar-refractivity contribution in [2.24, 2.45) is 5.92 Å². The molecule has 0 saturated heterocycles. The third-order valence-corrected chi connectivity index (χ3v) is 3.20. The van der Waals surface area contributed by atoms with E-state index in [4.69, 9.17) is 21.4 Å². The molecule has 1 aliphatic carbocycles. The lowest BCUT2D eigenvalue weighted by Crippen LogP contribution is -2.06. The third-order valence-electron chi connectivity index (χ3n) is 2.89. The van der Waals surface area contributed by atoms with Crippen LogP contribution in [0.25, 0.3) is 0 Å². The molecule has 0 spiro atoms. The van der Waals surface area contributed by atoms with Crippen molar-refractivity contribution in [1.29, 1.82) is 0 Å². The van der Waals surface area contributed by atoms with Gasteiger partial charge in [0.05, 0.1) is 5.02 Å². The molecule has 1 aromatic rings. The predicted octanol–water partition coefficient (Wildman–Crippen LogP) is 3.45. The summed E-state index contributed by atoms with van der Waals surface area (Å²) in [6.45, 7) is 2.25. The molecule has 96 valence electrons. The van der Waals surface area contributed by atoms with Crippen LogP contribution in [0.1, 0.15) is 18.4 Å². The summed E-state index contributed by atoms with van der Waals surface area (Å²) in [5.74, 6) is 0.0501. The molecule has 18 heavy (non-hydrogen) atoms. The zero-order chi connectivity index (χ0) is 13.1. The average molecular weight is 267 g/mol. The number of carboxylic acids is 1. The summed E-state index contributed by atoms with van der Waals surface area (Å²) in [5.41, 5.74) is 1.89. The molecule has 0 atom stereocenters. The summed E-state index contributed by atoms with van der Waals surface area (Å²) in [4.78, 5) is 10.7. The largest absolute Gasteiger partial charge is 0.488 e. The second-order valence-electron chi connectivity index (χ2n) is 4.55. The summed E-state index contributed by atoms with van der Waals surface area (Å²) in [5, 5.41) is 9.35. The maximum atomic E-state index is 10.7. The highest BCUT2D eigenvalue weighted by Crippen LogP contribution is 2.37. The molecule has 2 rings (SSSR count). The van der Waals surface area contributed by atoms with Crippen LogP contribution in [0, 0.1) is 12.8 Å². The van der Waals surface area contributed by atoms with Gasteiger partial charge >= 0.3 is 5.97 Å². The number of aryl methyl sites for hydroxylation is 1. The molecule has 1 fully saturated rings. The summed E-state index contributed by atoms with van der Waals surface area (Å²) < 4.78 is 5.62. The molecule has 0 heterocycles. The van der Waals surface area contributed by atoms with Crippen molar-refractivity contribution in [3.63, 3.8) is 0 Å². The van der Waals surface area contributed by atoms with Crippen LogP contribution in [-0.4, -0.2) is 17.7 Å². The summed E-state index contributed by atoms with van der Waals surface area (Å²) >= 11 is 6.02. The fourth-order valence-corrected chi connectivity index (χ4v) is 1.94. The fourth-order valence-electron chi connectivity index (χ4n) is 1.77. The van der Waals surface area contributed by atoms with E-state index in [0.717, 1.165) is 24.0 Å². The van der Waals surface area contributed by atoms with Gasteiger partial charge in [-0.1, -0.05) is 17.7 Å². The summed E-state index contributed by atoms with van der Waals surface area (Å²) in [6.07, 6.45) is 3.34. The van der Waals surface area contributed by atoms with Crippen LogP contribution in [0.15, 0.2) is 29.8 Å². The monoisotopic (exact) mass is 266 g/mol. The predicted molar refractivity (Wildman–Crippen MR) is 70.1 cm³/mol. The van der Waals surface area contributed by atoms with Crippen molar-refractivity contribution in [1.82, 2.24) is 0 Å². The van der Waals surface area contributed by atoms with Crippen molar-refractivity contribution >= 4 is 17.6 Å². The number of ether oxygens (including phenoxy) is 1. The lowest BCUT2D eigenvalue weighted by Gasteiger charge is -2.10. The minimum Gasteiger partial charge on any atom is -0.488 e. The molecule has 1 N–H and O–H groups in total. The fraction of sp³-hybridized carbons (Fsp3) is 0.357. The topological polar surface area (TPSA) is 46.5 Å². The smallest absolute Gasteiger partial charge is 0.328 e. The van der Waals surface area contributed by atoms with Gasteiger partial charge in [0.1, 0.15) is 12.4 Å². The molecule has 0 amide bonds. The first-order chi connectivity index (χ1) is 8.56. The van der Waals surface area contributed by atoms with E-state index in [-0.39, 0.29) is 0 Å². The molecule has 0 bridgehead atoms. The van der Waals surface area contributed by atoms with E-state index in [9.17, 15) is 4.79 Å². The number of hydrogen-bond acceptors (Lipinski definition) is 2. The first-order valence-electron chi connectivity index (χ1n) is 5.88. The van der Waals surface area contributed by atoms with Crippen molar-refractivity contribution in [3.8, 4) is 5.75 Å². The molecule has 0 aromatic heterocycles. The van der Waals surface area contributed by atoms with Gasteiger partial charge in [0.2, 0.25) is 0 Å². The van der Waals surface area contributed by atoms with Crippen LogP contribution in [0.5, 0.6) is 5.75 Å². The van der Waals surface area contributed by atoms with E-state index >= 15 is 0 Å². The Kier molecular flexibility index (Phi) is 3.92. The quantitative estimate of drug-likeness (QED) is 0.831. The molecule has 0 unspecified atom stereocenters. The van der Waals surface area contributed by atoms with Crippen molar-refractivity contribution in [2.75, 3.05) is 6.61 Å². The zero-order valence-electron chi connectivity index (χ0n) is 10.1. The lowest BCUT2D eigenvalue weighted by atomic mass is 10.1. The third kappa shape index (κ3) is 3.50. The number of hydrogen-bond donors (Lipinski definition) is 1. The Bertz CT molecular complexity index is 490. The first kappa shape index (κ1) is 13.0. The first-order valence-corrected chi connectivity index (χ1v) is 6.26. The normalized spacial score (nSPS) is 15.6. The maximum absolute atomic E-state index is 10.7. The minimum atomic E-state index is -0.921.